The zero-order chi connectivity index (χ0) is 46.7. The van der Waals surface area contributed by atoms with E-state index in [2.05, 4.69) is 21.3 Å². The molecule has 0 radical (unpaired) electrons. The highest BCUT2D eigenvalue weighted by Gasteiger charge is 2.44. The van der Waals surface area contributed by atoms with Gasteiger partial charge in [0.25, 0.3) is 0 Å². The molecule has 0 spiro atoms. The minimum atomic E-state index is -0.958. The summed E-state index contributed by atoms with van der Waals surface area (Å²) in [5.41, 5.74) is 4.41. The fourth-order valence-electron chi connectivity index (χ4n) is 7.71. The Morgan fingerprint density at radius 3 is 2.28 bits per heavy atom. The van der Waals surface area contributed by atoms with Gasteiger partial charge in [-0.2, -0.15) is 5.26 Å². The van der Waals surface area contributed by atoms with Crippen LogP contribution in [0, 0.1) is 28.5 Å². The van der Waals surface area contributed by atoms with Crippen molar-refractivity contribution < 1.29 is 38.1 Å². The zero-order valence-corrected chi connectivity index (χ0v) is 38.2. The number of rotatable bonds is 19. The SMILES string of the molecule is CC(C)C(Nc1cc(Cl)c(C#N)cc1F)c1ccc(-c2ccc(OCCCCOCC(=O)N[C@H](C(=O)N3C[C@H](O)C[C@H]3C(=O)NCc3ccc(C4=CNCO4)cc3)C(C)(C)C)cc2)cc1. The Morgan fingerprint density at radius 2 is 1.65 bits per heavy atom. The Labute approximate surface area is 385 Å². The van der Waals surface area contributed by atoms with Crippen molar-refractivity contribution in [3.63, 3.8) is 0 Å². The summed E-state index contributed by atoms with van der Waals surface area (Å²) < 4.78 is 31.9. The number of benzene rings is 4. The number of carbonyl (C=O) groups excluding carboxylic acids is 3. The van der Waals surface area contributed by atoms with Crippen LogP contribution < -0.4 is 26.0 Å². The Bertz CT molecular complexity index is 2350. The van der Waals surface area contributed by atoms with Crippen molar-refractivity contribution in [1.29, 1.82) is 5.26 Å². The van der Waals surface area contributed by atoms with Gasteiger partial charge in [-0.15, -0.1) is 0 Å². The molecule has 65 heavy (non-hydrogen) atoms. The monoisotopic (exact) mass is 908 g/mol. The van der Waals surface area contributed by atoms with Crippen molar-refractivity contribution in [1.82, 2.24) is 20.9 Å². The number of carbonyl (C=O) groups is 3. The van der Waals surface area contributed by atoms with Crippen molar-refractivity contribution in [3.05, 3.63) is 124 Å². The van der Waals surface area contributed by atoms with E-state index in [1.165, 1.54) is 11.0 Å². The van der Waals surface area contributed by atoms with Crippen LogP contribution in [0.4, 0.5) is 10.1 Å². The van der Waals surface area contributed by atoms with E-state index in [1.807, 2.05) is 113 Å². The highest BCUT2D eigenvalue weighted by molar-refractivity contribution is 6.32. The zero-order valence-electron chi connectivity index (χ0n) is 37.5. The predicted octanol–water partition coefficient (Wildman–Crippen LogP) is 7.69. The highest BCUT2D eigenvalue weighted by Crippen LogP contribution is 2.33. The molecule has 5 N–H and O–H groups in total. The molecule has 0 aliphatic carbocycles. The van der Waals surface area contributed by atoms with Crippen molar-refractivity contribution in [2.24, 2.45) is 11.3 Å². The third kappa shape index (κ3) is 13.0. The fourth-order valence-corrected chi connectivity index (χ4v) is 7.92. The number of unbranched alkanes of at least 4 members (excludes halogenated alkanes) is 1. The molecule has 1 unspecified atom stereocenters. The lowest BCUT2D eigenvalue weighted by Crippen LogP contribution is -2.58. The lowest BCUT2D eigenvalue weighted by Gasteiger charge is -2.35. The molecule has 0 bridgehead atoms. The summed E-state index contributed by atoms with van der Waals surface area (Å²) in [5, 5.41) is 31.9. The second kappa shape index (κ2) is 22.2. The predicted molar refractivity (Wildman–Crippen MR) is 248 cm³/mol. The van der Waals surface area contributed by atoms with Crippen molar-refractivity contribution in [2.75, 3.05) is 38.4 Å². The van der Waals surface area contributed by atoms with E-state index in [4.69, 9.17) is 31.1 Å². The third-order valence-corrected chi connectivity index (χ3v) is 11.6. The summed E-state index contributed by atoms with van der Waals surface area (Å²) in [6, 6.07) is 25.9. The molecule has 4 atom stereocenters. The summed E-state index contributed by atoms with van der Waals surface area (Å²) in [6.07, 6.45) is 2.35. The molecule has 3 amide bonds. The van der Waals surface area contributed by atoms with Gasteiger partial charge in [0.05, 0.1) is 35.0 Å². The Morgan fingerprint density at radius 1 is 0.985 bits per heavy atom. The highest BCUT2D eigenvalue weighted by atomic mass is 35.5. The molecule has 2 aliphatic heterocycles. The average molecular weight is 910 g/mol. The van der Waals surface area contributed by atoms with E-state index in [0.717, 1.165) is 45.4 Å². The second-order valence-electron chi connectivity index (χ2n) is 17.7. The summed E-state index contributed by atoms with van der Waals surface area (Å²) in [5.74, 6) is -0.220. The van der Waals surface area contributed by atoms with Gasteiger partial charge in [0.2, 0.25) is 17.7 Å². The molecular weight excluding hydrogens is 851 g/mol. The number of aliphatic hydroxyl groups is 1. The molecule has 2 aliphatic rings. The number of nitrogens with one attached hydrogen (secondary N) is 4. The van der Waals surface area contributed by atoms with Crippen molar-refractivity contribution in [2.45, 2.75) is 84.7 Å². The molecule has 4 aromatic carbocycles. The summed E-state index contributed by atoms with van der Waals surface area (Å²) in [7, 11) is 0. The van der Waals surface area contributed by atoms with Crippen LogP contribution in [0.2, 0.25) is 5.02 Å². The van der Waals surface area contributed by atoms with Crippen LogP contribution in [-0.2, 0) is 30.4 Å². The number of amides is 3. The van der Waals surface area contributed by atoms with Crippen LogP contribution in [0.3, 0.4) is 0 Å². The van der Waals surface area contributed by atoms with Crippen LogP contribution in [0.1, 0.15) is 82.2 Å². The number of nitrogens with zero attached hydrogens (tertiary/aromatic N) is 2. The van der Waals surface area contributed by atoms with E-state index in [1.54, 1.807) is 6.20 Å². The molecular formula is C50H58ClFN6O7. The molecule has 1 saturated heterocycles. The van der Waals surface area contributed by atoms with E-state index in [9.17, 15) is 23.9 Å². The summed E-state index contributed by atoms with van der Waals surface area (Å²) in [6.45, 7) is 10.8. The number of halogens is 2. The number of likely N-dealkylation sites (tertiary alicyclic amines) is 1. The number of nitriles is 1. The van der Waals surface area contributed by atoms with Gasteiger partial charge in [0.15, 0.2) is 6.73 Å². The van der Waals surface area contributed by atoms with E-state index >= 15 is 0 Å². The molecule has 13 nitrogen and oxygen atoms in total. The van der Waals surface area contributed by atoms with Gasteiger partial charge in [0.1, 0.15) is 42.1 Å². The minimum Gasteiger partial charge on any atom is -0.494 e. The van der Waals surface area contributed by atoms with Crippen molar-refractivity contribution >= 4 is 40.8 Å². The summed E-state index contributed by atoms with van der Waals surface area (Å²) >= 11 is 6.18. The lowest BCUT2D eigenvalue weighted by molar-refractivity contribution is -0.144. The minimum absolute atomic E-state index is 0.0177. The molecule has 0 aromatic heterocycles. The number of β-amino-alcohol motifs (C(OH)–C–C–N with tert-alkyl or cyclic N) is 1. The molecule has 1 fully saturated rings. The van der Waals surface area contributed by atoms with Crippen LogP contribution in [0.25, 0.3) is 16.9 Å². The largest absolute Gasteiger partial charge is 0.494 e. The first-order valence-electron chi connectivity index (χ1n) is 21.9. The molecule has 4 aromatic rings. The van der Waals surface area contributed by atoms with Crippen LogP contribution >= 0.6 is 11.6 Å². The maximum Gasteiger partial charge on any atom is 0.246 e. The second-order valence-corrected chi connectivity index (χ2v) is 18.1. The number of ether oxygens (including phenoxy) is 3. The van der Waals surface area contributed by atoms with E-state index < -0.39 is 41.2 Å². The first kappa shape index (κ1) is 48.3. The normalized spacial score (nSPS) is 16.7. The first-order valence-corrected chi connectivity index (χ1v) is 22.3. The molecule has 15 heteroatoms. The smallest absolute Gasteiger partial charge is 0.246 e. The van der Waals surface area contributed by atoms with Crippen molar-refractivity contribution in [3.8, 4) is 22.9 Å². The Balaban J connectivity index is 0.908. The van der Waals surface area contributed by atoms with Gasteiger partial charge in [-0.05, 0) is 70.7 Å². The molecule has 344 valence electrons. The number of hydrogen-bond donors (Lipinski definition) is 5. The van der Waals surface area contributed by atoms with Gasteiger partial charge in [-0.3, -0.25) is 14.4 Å². The standard InChI is InChI=1S/C50H58ClFN6O7/c1-31(2)46(56-42-24-40(51)37(25-53)22-41(42)52)36-14-12-33(13-15-36)34-16-18-39(19-17-34)64-21-7-6-20-63-29-45(60)57-47(50(3,4)5)49(62)58-28-38(59)23-43(58)48(61)55-26-32-8-10-35(11-9-32)44-27-54-30-65-44/h8-19,22,24,27,31,38,43,46-47,54,56,59H,6-7,20-21,23,26,28-30H2,1-5H3,(H,55,61)(H,57,60)/t38-,43+,46?,47-/m1/s1. The Hall–Kier alpha value is -6.14. The number of anilines is 1. The summed E-state index contributed by atoms with van der Waals surface area (Å²) in [4.78, 5) is 41.7. The van der Waals surface area contributed by atoms with E-state index in [-0.39, 0.29) is 60.3 Å². The maximum atomic E-state index is 14.7. The number of hydrogen-bond acceptors (Lipinski definition) is 10. The maximum absolute atomic E-state index is 14.7. The van der Waals surface area contributed by atoms with Crippen LogP contribution in [0.15, 0.2) is 91.1 Å². The molecule has 6 rings (SSSR count). The van der Waals surface area contributed by atoms with Gasteiger partial charge < -0.3 is 45.5 Å². The van der Waals surface area contributed by atoms with Gasteiger partial charge in [0, 0.05) is 37.9 Å². The van der Waals surface area contributed by atoms with Crippen LogP contribution in [-0.4, -0.2) is 79.0 Å². The fraction of sp³-hybridized carbons (Fsp3) is 0.400. The lowest BCUT2D eigenvalue weighted by atomic mass is 9.85. The van der Waals surface area contributed by atoms with Gasteiger partial charge in [-0.25, -0.2) is 4.39 Å². The third-order valence-electron chi connectivity index (χ3n) is 11.3. The van der Waals surface area contributed by atoms with E-state index in [0.29, 0.717) is 32.8 Å². The molecule has 0 saturated carbocycles. The topological polar surface area (TPSA) is 174 Å². The van der Waals surface area contributed by atoms with Gasteiger partial charge >= 0.3 is 0 Å². The van der Waals surface area contributed by atoms with Gasteiger partial charge in [-0.1, -0.05) is 107 Å². The first-order chi connectivity index (χ1) is 31.1. The van der Waals surface area contributed by atoms with Crippen LogP contribution in [0.5, 0.6) is 5.75 Å². The average Bonchev–Trinajstić information content (AvgIpc) is 3.98. The quantitative estimate of drug-likeness (QED) is 0.0588. The Kier molecular flexibility index (Phi) is 16.5. The molecule has 2 heterocycles. The number of aliphatic hydroxyl groups excluding tert-OH is 1.